The zero-order chi connectivity index (χ0) is 21.3. The molecule has 1 aliphatic rings. The molecule has 1 amide bonds. The van der Waals surface area contributed by atoms with Gasteiger partial charge in [-0.05, 0) is 25.0 Å². The molecular formula is C21H24FN7O. The smallest absolute Gasteiger partial charge is 0.247 e. The standard InChI is InChI=1S/C21H24FN7O/c1-4-16-21(30)27-20-13(2)26-19(7-17(20)28(16)3)24-9-15-10-25-29(12-15)11-14-5-6-18(22)23-8-14/h5-8,10,12,16H,4,9,11H2,1-3H3,(H,24,26)(H,27,30)/t16-/m0/s1. The molecule has 2 N–H and O–H groups in total. The second-order valence-electron chi connectivity index (χ2n) is 7.40. The molecule has 30 heavy (non-hydrogen) atoms. The highest BCUT2D eigenvalue weighted by Gasteiger charge is 2.30. The molecule has 4 heterocycles. The number of aromatic nitrogens is 4. The molecule has 0 radical (unpaired) electrons. The lowest BCUT2D eigenvalue weighted by atomic mass is 10.1. The van der Waals surface area contributed by atoms with Gasteiger partial charge in [-0.2, -0.15) is 9.49 Å². The molecular weight excluding hydrogens is 385 g/mol. The van der Waals surface area contributed by atoms with E-state index in [0.29, 0.717) is 13.1 Å². The topological polar surface area (TPSA) is 88.0 Å². The van der Waals surface area contributed by atoms with Crippen LogP contribution in [0.1, 0.15) is 30.2 Å². The van der Waals surface area contributed by atoms with Crippen LogP contribution in [-0.4, -0.2) is 38.7 Å². The number of likely N-dealkylation sites (N-methyl/N-ethyl adjacent to an activating group) is 1. The Morgan fingerprint density at radius 2 is 2.10 bits per heavy atom. The van der Waals surface area contributed by atoms with E-state index in [4.69, 9.17) is 0 Å². The van der Waals surface area contributed by atoms with E-state index in [1.165, 1.54) is 12.3 Å². The fourth-order valence-corrected chi connectivity index (χ4v) is 3.65. The first-order valence-corrected chi connectivity index (χ1v) is 9.85. The number of pyridine rings is 2. The van der Waals surface area contributed by atoms with Gasteiger partial charge in [-0.3, -0.25) is 9.48 Å². The predicted octanol–water partition coefficient (Wildman–Crippen LogP) is 2.95. The molecule has 1 atom stereocenters. The molecule has 0 unspecified atom stereocenters. The van der Waals surface area contributed by atoms with Gasteiger partial charge >= 0.3 is 0 Å². The summed E-state index contributed by atoms with van der Waals surface area (Å²) in [5.74, 6) is 0.244. The van der Waals surface area contributed by atoms with Gasteiger partial charge in [-0.15, -0.1) is 0 Å². The van der Waals surface area contributed by atoms with Crippen molar-refractivity contribution in [3.05, 3.63) is 59.6 Å². The summed E-state index contributed by atoms with van der Waals surface area (Å²) in [5, 5.41) is 10.7. The van der Waals surface area contributed by atoms with Gasteiger partial charge in [0.1, 0.15) is 11.9 Å². The van der Waals surface area contributed by atoms with Crippen molar-refractivity contribution in [1.29, 1.82) is 0 Å². The molecule has 9 heteroatoms. The Bertz CT molecular complexity index is 1060. The number of fused-ring (bicyclic) bond motifs is 1. The highest BCUT2D eigenvalue weighted by atomic mass is 19.1. The number of nitrogens with one attached hydrogen (secondary N) is 2. The van der Waals surface area contributed by atoms with Crippen molar-refractivity contribution in [1.82, 2.24) is 19.7 Å². The SMILES string of the molecule is CC[C@H]1C(=O)Nc2c(cc(NCc3cnn(Cc4ccc(F)nc4)c3)nc2C)N1C. The minimum Gasteiger partial charge on any atom is -0.366 e. The molecule has 3 aromatic heterocycles. The summed E-state index contributed by atoms with van der Waals surface area (Å²) in [6, 6.07) is 4.81. The van der Waals surface area contributed by atoms with Gasteiger partial charge in [0.25, 0.3) is 0 Å². The number of halogens is 1. The van der Waals surface area contributed by atoms with Crippen LogP contribution in [-0.2, 0) is 17.9 Å². The van der Waals surface area contributed by atoms with E-state index < -0.39 is 5.95 Å². The first kappa shape index (κ1) is 19.8. The summed E-state index contributed by atoms with van der Waals surface area (Å²) in [5.41, 5.74) is 4.36. The maximum absolute atomic E-state index is 12.9. The number of rotatable bonds is 6. The summed E-state index contributed by atoms with van der Waals surface area (Å²) in [4.78, 5) is 22.5. The molecule has 0 saturated carbocycles. The molecule has 3 aromatic rings. The predicted molar refractivity (Wildman–Crippen MR) is 113 cm³/mol. The van der Waals surface area contributed by atoms with Crippen molar-refractivity contribution in [2.24, 2.45) is 0 Å². The maximum atomic E-state index is 12.9. The van der Waals surface area contributed by atoms with Crippen LogP contribution in [0.2, 0.25) is 0 Å². The van der Waals surface area contributed by atoms with Crippen LogP contribution in [0.3, 0.4) is 0 Å². The number of nitrogens with zero attached hydrogens (tertiary/aromatic N) is 5. The average molecular weight is 409 g/mol. The van der Waals surface area contributed by atoms with E-state index in [2.05, 4.69) is 25.7 Å². The minimum atomic E-state index is -0.493. The van der Waals surface area contributed by atoms with Crippen LogP contribution in [0.25, 0.3) is 0 Å². The normalized spacial score (nSPS) is 15.7. The molecule has 0 fully saturated rings. The van der Waals surface area contributed by atoms with E-state index in [1.807, 2.05) is 38.1 Å². The zero-order valence-corrected chi connectivity index (χ0v) is 17.2. The molecule has 1 aliphatic heterocycles. The lowest BCUT2D eigenvalue weighted by molar-refractivity contribution is -0.117. The van der Waals surface area contributed by atoms with Crippen molar-refractivity contribution in [2.45, 2.75) is 39.4 Å². The number of carbonyl (C=O) groups excluding carboxylic acids is 1. The van der Waals surface area contributed by atoms with Crippen LogP contribution in [0.4, 0.5) is 21.6 Å². The molecule has 0 saturated heterocycles. The van der Waals surface area contributed by atoms with Gasteiger partial charge in [0, 0.05) is 37.6 Å². The van der Waals surface area contributed by atoms with Gasteiger partial charge in [0.05, 0.1) is 29.8 Å². The fraction of sp³-hybridized carbons (Fsp3) is 0.333. The summed E-state index contributed by atoms with van der Waals surface area (Å²) in [6.07, 6.45) is 5.96. The Hall–Kier alpha value is -3.49. The Morgan fingerprint density at radius 3 is 2.83 bits per heavy atom. The lowest BCUT2D eigenvalue weighted by Gasteiger charge is -2.35. The minimum absolute atomic E-state index is 0.00174. The van der Waals surface area contributed by atoms with Gasteiger partial charge in [0.2, 0.25) is 11.9 Å². The summed E-state index contributed by atoms with van der Waals surface area (Å²) in [6.45, 7) is 4.96. The zero-order valence-electron chi connectivity index (χ0n) is 17.2. The van der Waals surface area contributed by atoms with Crippen LogP contribution in [0.5, 0.6) is 0 Å². The lowest BCUT2D eigenvalue weighted by Crippen LogP contribution is -2.45. The second-order valence-corrected chi connectivity index (χ2v) is 7.40. The first-order valence-electron chi connectivity index (χ1n) is 9.85. The van der Waals surface area contributed by atoms with E-state index in [0.717, 1.165) is 40.4 Å². The van der Waals surface area contributed by atoms with Gasteiger partial charge in [-0.25, -0.2) is 9.97 Å². The molecule has 0 aromatic carbocycles. The molecule has 0 aliphatic carbocycles. The molecule has 8 nitrogen and oxygen atoms in total. The highest BCUT2D eigenvalue weighted by molar-refractivity contribution is 6.04. The monoisotopic (exact) mass is 409 g/mol. The van der Waals surface area contributed by atoms with Gasteiger partial charge < -0.3 is 15.5 Å². The number of anilines is 3. The quantitative estimate of drug-likeness (QED) is 0.609. The summed E-state index contributed by atoms with van der Waals surface area (Å²) < 4.78 is 14.7. The van der Waals surface area contributed by atoms with Crippen LogP contribution < -0.4 is 15.5 Å². The third-order valence-corrected chi connectivity index (χ3v) is 5.26. The van der Waals surface area contributed by atoms with Crippen molar-refractivity contribution in [3.63, 3.8) is 0 Å². The van der Waals surface area contributed by atoms with Crippen molar-refractivity contribution in [2.75, 3.05) is 22.6 Å². The van der Waals surface area contributed by atoms with Crippen LogP contribution in [0, 0.1) is 12.9 Å². The van der Waals surface area contributed by atoms with E-state index >= 15 is 0 Å². The maximum Gasteiger partial charge on any atom is 0.247 e. The third kappa shape index (κ3) is 3.96. The van der Waals surface area contributed by atoms with Gasteiger partial charge in [0.15, 0.2) is 0 Å². The van der Waals surface area contributed by atoms with E-state index in [-0.39, 0.29) is 11.9 Å². The van der Waals surface area contributed by atoms with Crippen molar-refractivity contribution < 1.29 is 9.18 Å². The largest absolute Gasteiger partial charge is 0.366 e. The second kappa shape index (κ2) is 8.10. The van der Waals surface area contributed by atoms with Crippen molar-refractivity contribution >= 4 is 23.1 Å². The Balaban J connectivity index is 1.45. The number of carbonyl (C=O) groups is 1. The Labute approximate surface area is 174 Å². The number of amides is 1. The summed E-state index contributed by atoms with van der Waals surface area (Å²) in [7, 11) is 1.93. The molecule has 4 rings (SSSR count). The fourth-order valence-electron chi connectivity index (χ4n) is 3.65. The van der Waals surface area contributed by atoms with E-state index in [1.54, 1.807) is 16.9 Å². The van der Waals surface area contributed by atoms with Gasteiger partial charge in [-0.1, -0.05) is 13.0 Å². The summed E-state index contributed by atoms with van der Waals surface area (Å²) >= 11 is 0. The number of aryl methyl sites for hydroxylation is 1. The third-order valence-electron chi connectivity index (χ3n) is 5.26. The van der Waals surface area contributed by atoms with Crippen molar-refractivity contribution in [3.8, 4) is 0 Å². The Kier molecular flexibility index (Phi) is 5.35. The molecule has 0 bridgehead atoms. The highest BCUT2D eigenvalue weighted by Crippen LogP contribution is 2.35. The van der Waals surface area contributed by atoms with Crippen LogP contribution >= 0.6 is 0 Å². The van der Waals surface area contributed by atoms with Crippen LogP contribution in [0.15, 0.2) is 36.8 Å². The number of hydrogen-bond acceptors (Lipinski definition) is 6. The molecule has 156 valence electrons. The number of hydrogen-bond donors (Lipinski definition) is 2. The first-order chi connectivity index (χ1) is 14.4. The Morgan fingerprint density at radius 1 is 1.27 bits per heavy atom. The van der Waals surface area contributed by atoms with E-state index in [9.17, 15) is 9.18 Å². The molecule has 0 spiro atoms. The average Bonchev–Trinajstić information content (AvgIpc) is 3.17.